The summed E-state index contributed by atoms with van der Waals surface area (Å²) < 4.78 is 41.3. The van der Waals surface area contributed by atoms with Crippen molar-refractivity contribution in [2.45, 2.75) is 25.7 Å². The normalized spacial score (nSPS) is 13.8. The Bertz CT molecular complexity index is 961. The number of amides is 3. The van der Waals surface area contributed by atoms with Crippen molar-refractivity contribution >= 4 is 23.4 Å². The number of nitrogens with one attached hydrogen (secondary N) is 2. The molecule has 0 radical (unpaired) electrons. The monoisotopic (exact) mass is 435 g/mol. The maximum absolute atomic E-state index is 12.4. The maximum Gasteiger partial charge on any atom is 0.573 e. The molecule has 3 amide bonds. The molecule has 2 N–H and O–H groups in total. The average Bonchev–Trinajstić information content (AvgIpc) is 3.16. The third-order valence-electron chi connectivity index (χ3n) is 4.60. The lowest BCUT2D eigenvalue weighted by Gasteiger charge is -2.16. The average molecular weight is 435 g/mol. The van der Waals surface area contributed by atoms with Crippen molar-refractivity contribution in [2.24, 2.45) is 0 Å². The number of rotatable bonds is 7. The van der Waals surface area contributed by atoms with Gasteiger partial charge in [0.25, 0.3) is 5.91 Å². The van der Waals surface area contributed by atoms with Crippen LogP contribution in [0.3, 0.4) is 0 Å². The Kier molecular flexibility index (Phi) is 6.78. The van der Waals surface area contributed by atoms with Gasteiger partial charge in [0, 0.05) is 36.3 Å². The minimum absolute atomic E-state index is 0.0380. The molecule has 31 heavy (non-hydrogen) atoms. The van der Waals surface area contributed by atoms with Crippen LogP contribution < -0.4 is 20.3 Å². The Balaban J connectivity index is 1.49. The van der Waals surface area contributed by atoms with E-state index in [1.807, 2.05) is 0 Å². The summed E-state index contributed by atoms with van der Waals surface area (Å²) in [6, 6.07) is 11.9. The fraction of sp³-hybridized carbons (Fsp3) is 0.286. The van der Waals surface area contributed by atoms with E-state index >= 15 is 0 Å². The van der Waals surface area contributed by atoms with E-state index in [0.29, 0.717) is 24.2 Å². The molecular formula is C21H20F3N3O4. The van der Waals surface area contributed by atoms with Crippen molar-refractivity contribution in [1.82, 2.24) is 10.6 Å². The quantitative estimate of drug-likeness (QED) is 0.700. The van der Waals surface area contributed by atoms with E-state index in [1.54, 1.807) is 29.2 Å². The number of halogens is 3. The second-order valence-corrected chi connectivity index (χ2v) is 6.81. The van der Waals surface area contributed by atoms with Crippen LogP contribution in [0.1, 0.15) is 28.8 Å². The minimum Gasteiger partial charge on any atom is -0.405 e. The van der Waals surface area contributed by atoms with Gasteiger partial charge in [-0.2, -0.15) is 0 Å². The predicted octanol–water partition coefficient (Wildman–Crippen LogP) is 2.76. The zero-order valence-corrected chi connectivity index (χ0v) is 16.4. The fourth-order valence-corrected chi connectivity index (χ4v) is 3.11. The van der Waals surface area contributed by atoms with Gasteiger partial charge < -0.3 is 20.3 Å². The smallest absolute Gasteiger partial charge is 0.405 e. The standard InChI is InChI=1S/C21H20F3N3O4/c22-21(23,24)31-17-5-2-1-4-15(17)12-25-18(28)13-26-20(30)14-7-9-16(10-8-14)27-11-3-6-19(27)29/h1-2,4-5,7-10H,3,6,11-13H2,(H,25,28)(H,26,30). The second-order valence-electron chi connectivity index (χ2n) is 6.81. The van der Waals surface area contributed by atoms with Gasteiger partial charge in [-0.3, -0.25) is 14.4 Å². The first-order valence-corrected chi connectivity index (χ1v) is 9.52. The van der Waals surface area contributed by atoms with Gasteiger partial charge in [-0.15, -0.1) is 13.2 Å². The molecule has 0 spiro atoms. The number of ether oxygens (including phenoxy) is 1. The first kappa shape index (κ1) is 22.1. The lowest BCUT2D eigenvalue weighted by Crippen LogP contribution is -2.36. The predicted molar refractivity (Wildman–Crippen MR) is 105 cm³/mol. The van der Waals surface area contributed by atoms with Crippen molar-refractivity contribution in [1.29, 1.82) is 0 Å². The molecule has 164 valence electrons. The van der Waals surface area contributed by atoms with E-state index in [0.717, 1.165) is 12.5 Å². The van der Waals surface area contributed by atoms with Crippen LogP contribution in [0, 0.1) is 0 Å². The van der Waals surface area contributed by atoms with Crippen molar-refractivity contribution < 1.29 is 32.3 Å². The third-order valence-corrected chi connectivity index (χ3v) is 4.60. The summed E-state index contributed by atoms with van der Waals surface area (Å²) in [6.07, 6.45) is -3.54. The van der Waals surface area contributed by atoms with Crippen LogP contribution in [0.25, 0.3) is 0 Å². The van der Waals surface area contributed by atoms with E-state index in [-0.39, 0.29) is 24.6 Å². The summed E-state index contributed by atoms with van der Waals surface area (Å²) in [7, 11) is 0. The number of hydrogen-bond donors (Lipinski definition) is 2. The van der Waals surface area contributed by atoms with E-state index in [2.05, 4.69) is 15.4 Å². The highest BCUT2D eigenvalue weighted by Crippen LogP contribution is 2.26. The lowest BCUT2D eigenvalue weighted by molar-refractivity contribution is -0.274. The molecular weight excluding hydrogens is 415 g/mol. The topological polar surface area (TPSA) is 87.7 Å². The molecule has 7 nitrogen and oxygen atoms in total. The molecule has 10 heteroatoms. The van der Waals surface area contributed by atoms with Crippen molar-refractivity contribution in [3.05, 3.63) is 59.7 Å². The number of carbonyl (C=O) groups is 3. The largest absolute Gasteiger partial charge is 0.573 e. The summed E-state index contributed by atoms with van der Waals surface area (Å²) in [6.45, 7) is 0.0920. The lowest BCUT2D eigenvalue weighted by atomic mass is 10.2. The van der Waals surface area contributed by atoms with Gasteiger partial charge in [0.1, 0.15) is 5.75 Å². The Morgan fingerprint density at radius 3 is 2.39 bits per heavy atom. The van der Waals surface area contributed by atoms with E-state index < -0.39 is 23.9 Å². The highest BCUT2D eigenvalue weighted by atomic mass is 19.4. The van der Waals surface area contributed by atoms with Crippen LogP contribution in [0.2, 0.25) is 0 Å². The Morgan fingerprint density at radius 2 is 1.74 bits per heavy atom. The van der Waals surface area contributed by atoms with Gasteiger partial charge >= 0.3 is 6.36 Å². The van der Waals surface area contributed by atoms with Crippen molar-refractivity contribution in [3.63, 3.8) is 0 Å². The molecule has 1 saturated heterocycles. The molecule has 1 aliphatic rings. The van der Waals surface area contributed by atoms with Crippen LogP contribution >= 0.6 is 0 Å². The summed E-state index contributed by atoms with van der Waals surface area (Å²) in [5.74, 6) is -1.43. The summed E-state index contributed by atoms with van der Waals surface area (Å²) >= 11 is 0. The summed E-state index contributed by atoms with van der Waals surface area (Å²) in [4.78, 5) is 37.6. The molecule has 0 saturated carbocycles. The first-order chi connectivity index (χ1) is 14.7. The molecule has 1 aliphatic heterocycles. The number of hydrogen-bond acceptors (Lipinski definition) is 4. The first-order valence-electron chi connectivity index (χ1n) is 9.52. The molecule has 3 rings (SSSR count). The van der Waals surface area contributed by atoms with Gasteiger partial charge in [0.2, 0.25) is 11.8 Å². The molecule has 1 fully saturated rings. The van der Waals surface area contributed by atoms with Crippen molar-refractivity contribution in [2.75, 3.05) is 18.0 Å². The van der Waals surface area contributed by atoms with E-state index in [9.17, 15) is 27.6 Å². The Hall–Kier alpha value is -3.56. The zero-order chi connectivity index (χ0) is 22.4. The number of anilines is 1. The Morgan fingerprint density at radius 1 is 1.03 bits per heavy atom. The zero-order valence-electron chi connectivity index (χ0n) is 16.4. The number of carbonyl (C=O) groups excluding carboxylic acids is 3. The van der Waals surface area contributed by atoms with Crippen LogP contribution in [0.4, 0.5) is 18.9 Å². The van der Waals surface area contributed by atoms with Crippen LogP contribution in [-0.2, 0) is 16.1 Å². The van der Waals surface area contributed by atoms with Gasteiger partial charge in [-0.05, 0) is 36.8 Å². The molecule has 2 aromatic carbocycles. The molecule has 0 bridgehead atoms. The number of para-hydroxylation sites is 1. The minimum atomic E-state index is -4.84. The molecule has 0 aliphatic carbocycles. The fourth-order valence-electron chi connectivity index (χ4n) is 3.11. The molecule has 0 aromatic heterocycles. The molecule has 0 unspecified atom stereocenters. The van der Waals surface area contributed by atoms with E-state index in [4.69, 9.17) is 0 Å². The Labute approximate surface area is 176 Å². The van der Waals surface area contributed by atoms with Gasteiger partial charge in [0.05, 0.1) is 6.54 Å². The van der Waals surface area contributed by atoms with Gasteiger partial charge in [-0.25, -0.2) is 0 Å². The summed E-state index contributed by atoms with van der Waals surface area (Å²) in [5.41, 5.74) is 1.16. The maximum atomic E-state index is 12.4. The number of nitrogens with zero attached hydrogens (tertiary/aromatic N) is 1. The van der Waals surface area contributed by atoms with Crippen LogP contribution in [0.15, 0.2) is 48.5 Å². The highest BCUT2D eigenvalue weighted by Gasteiger charge is 2.32. The van der Waals surface area contributed by atoms with E-state index in [1.165, 1.54) is 18.2 Å². The third kappa shape index (κ3) is 6.21. The molecule has 2 aromatic rings. The van der Waals surface area contributed by atoms with Crippen LogP contribution in [0.5, 0.6) is 5.75 Å². The van der Waals surface area contributed by atoms with Crippen LogP contribution in [-0.4, -0.2) is 37.2 Å². The molecule has 1 heterocycles. The second kappa shape index (κ2) is 9.50. The number of benzene rings is 2. The number of alkyl halides is 3. The summed E-state index contributed by atoms with van der Waals surface area (Å²) in [5, 5.41) is 4.88. The van der Waals surface area contributed by atoms with Gasteiger partial charge in [-0.1, -0.05) is 18.2 Å². The highest BCUT2D eigenvalue weighted by molar-refractivity contribution is 5.98. The van der Waals surface area contributed by atoms with Gasteiger partial charge in [0.15, 0.2) is 0 Å². The molecule has 0 atom stereocenters. The van der Waals surface area contributed by atoms with Crippen molar-refractivity contribution in [3.8, 4) is 5.75 Å². The SMILES string of the molecule is O=C(CNC(=O)c1ccc(N2CCCC2=O)cc1)NCc1ccccc1OC(F)(F)F.